The summed E-state index contributed by atoms with van der Waals surface area (Å²) in [6.45, 7) is 6.11. The highest BCUT2D eigenvalue weighted by Crippen LogP contribution is 2.24. The summed E-state index contributed by atoms with van der Waals surface area (Å²) in [7, 11) is -3.18. The number of rotatable bonds is 8. The zero-order chi connectivity index (χ0) is 20.7. The number of hydrogen-bond acceptors (Lipinski definition) is 5. The molecule has 158 valence electrons. The first-order valence-corrected chi connectivity index (χ1v) is 11.9. The predicted molar refractivity (Wildman–Crippen MR) is 115 cm³/mol. The molecule has 0 radical (unpaired) electrons. The predicted octanol–water partition coefficient (Wildman–Crippen LogP) is 2.58. The third-order valence-corrected chi connectivity index (χ3v) is 6.16. The van der Waals surface area contributed by atoms with Crippen LogP contribution >= 0.6 is 0 Å². The van der Waals surface area contributed by atoms with Gasteiger partial charge in [0.1, 0.15) is 5.76 Å². The van der Waals surface area contributed by atoms with Crippen molar-refractivity contribution in [3.05, 3.63) is 54.0 Å². The van der Waals surface area contributed by atoms with Crippen molar-refractivity contribution in [2.24, 2.45) is 4.99 Å². The van der Waals surface area contributed by atoms with E-state index in [9.17, 15) is 8.42 Å². The summed E-state index contributed by atoms with van der Waals surface area (Å²) >= 11 is 0. The first kappa shape index (κ1) is 21.4. The monoisotopic (exact) mass is 418 g/mol. The maximum atomic E-state index is 11.6. The van der Waals surface area contributed by atoms with Gasteiger partial charge in [-0.05, 0) is 62.7 Å². The smallest absolute Gasteiger partial charge is 0.191 e. The van der Waals surface area contributed by atoms with Gasteiger partial charge in [0, 0.05) is 19.3 Å². The summed E-state index contributed by atoms with van der Waals surface area (Å²) in [6.07, 6.45) is 5.37. The minimum absolute atomic E-state index is 0.172. The Bertz CT molecular complexity index is 887. The van der Waals surface area contributed by atoms with Gasteiger partial charge in [-0.2, -0.15) is 0 Å². The summed E-state index contributed by atoms with van der Waals surface area (Å²) in [5, 5.41) is 6.71. The Balaban J connectivity index is 1.65. The van der Waals surface area contributed by atoms with Gasteiger partial charge in [-0.1, -0.05) is 12.1 Å². The van der Waals surface area contributed by atoms with E-state index in [1.165, 1.54) is 19.1 Å². The van der Waals surface area contributed by atoms with Crippen LogP contribution in [-0.2, 0) is 16.4 Å². The molecule has 1 fully saturated rings. The third-order valence-electron chi connectivity index (χ3n) is 5.03. The molecule has 0 saturated carbocycles. The van der Waals surface area contributed by atoms with Gasteiger partial charge in [0.15, 0.2) is 15.8 Å². The molecule has 0 bridgehead atoms. The summed E-state index contributed by atoms with van der Waals surface area (Å²) in [5.41, 5.74) is 0.955. The van der Waals surface area contributed by atoms with Crippen molar-refractivity contribution in [3.63, 3.8) is 0 Å². The van der Waals surface area contributed by atoms with E-state index in [1.807, 2.05) is 19.1 Å². The van der Waals surface area contributed by atoms with Crippen LogP contribution in [-0.4, -0.2) is 51.7 Å². The molecule has 1 aromatic carbocycles. The topological polar surface area (TPSA) is 86.9 Å². The van der Waals surface area contributed by atoms with Gasteiger partial charge in [-0.15, -0.1) is 0 Å². The lowest BCUT2D eigenvalue weighted by Gasteiger charge is -2.26. The molecule has 1 unspecified atom stereocenters. The zero-order valence-electron chi connectivity index (χ0n) is 17.1. The summed E-state index contributed by atoms with van der Waals surface area (Å²) < 4.78 is 28.9. The van der Waals surface area contributed by atoms with E-state index in [2.05, 4.69) is 20.5 Å². The Kier molecular flexibility index (Phi) is 7.33. The summed E-state index contributed by atoms with van der Waals surface area (Å²) in [6, 6.07) is 11.0. The number of guanidine groups is 1. The van der Waals surface area contributed by atoms with Crippen molar-refractivity contribution < 1.29 is 12.8 Å². The molecule has 8 heteroatoms. The molecule has 2 heterocycles. The SMILES string of the molecule is CCNC(=NCc1ccc(S(C)(=O)=O)cc1)NCC(c1ccco1)N1CCCC1. The van der Waals surface area contributed by atoms with Gasteiger partial charge < -0.3 is 15.1 Å². The third kappa shape index (κ3) is 6.08. The second-order valence-electron chi connectivity index (χ2n) is 7.27. The highest BCUT2D eigenvalue weighted by Gasteiger charge is 2.25. The molecular formula is C21H30N4O3S. The maximum Gasteiger partial charge on any atom is 0.191 e. The van der Waals surface area contributed by atoms with Crippen LogP contribution in [0.5, 0.6) is 0 Å². The summed E-state index contributed by atoms with van der Waals surface area (Å²) in [5.74, 6) is 1.70. The zero-order valence-corrected chi connectivity index (χ0v) is 17.9. The maximum absolute atomic E-state index is 11.6. The lowest BCUT2D eigenvalue weighted by atomic mass is 10.2. The van der Waals surface area contributed by atoms with Crippen LogP contribution in [0.4, 0.5) is 0 Å². The van der Waals surface area contributed by atoms with Crippen LogP contribution in [0.15, 0.2) is 57.0 Å². The van der Waals surface area contributed by atoms with E-state index in [4.69, 9.17) is 4.42 Å². The number of nitrogens with one attached hydrogen (secondary N) is 2. The van der Waals surface area contributed by atoms with E-state index in [1.54, 1.807) is 30.5 Å². The van der Waals surface area contributed by atoms with Gasteiger partial charge >= 0.3 is 0 Å². The van der Waals surface area contributed by atoms with E-state index >= 15 is 0 Å². The molecule has 0 amide bonds. The fraction of sp³-hybridized carbons (Fsp3) is 0.476. The number of furan rings is 1. The van der Waals surface area contributed by atoms with E-state index in [0.717, 1.165) is 36.9 Å². The number of nitrogens with zero attached hydrogens (tertiary/aromatic N) is 2. The van der Waals surface area contributed by atoms with Crippen molar-refractivity contribution in [3.8, 4) is 0 Å². The number of sulfone groups is 1. The van der Waals surface area contributed by atoms with E-state index in [-0.39, 0.29) is 6.04 Å². The van der Waals surface area contributed by atoms with Crippen molar-refractivity contribution in [2.75, 3.05) is 32.4 Å². The lowest BCUT2D eigenvalue weighted by molar-refractivity contribution is 0.215. The molecule has 0 aliphatic carbocycles. The largest absolute Gasteiger partial charge is 0.468 e. The molecule has 1 saturated heterocycles. The molecule has 3 rings (SSSR count). The molecule has 7 nitrogen and oxygen atoms in total. The molecule has 2 N–H and O–H groups in total. The van der Waals surface area contributed by atoms with Crippen LogP contribution in [0.3, 0.4) is 0 Å². The highest BCUT2D eigenvalue weighted by atomic mass is 32.2. The Morgan fingerprint density at radius 2 is 1.90 bits per heavy atom. The van der Waals surface area contributed by atoms with Crippen LogP contribution in [0.25, 0.3) is 0 Å². The van der Waals surface area contributed by atoms with Crippen LogP contribution in [0.1, 0.15) is 37.1 Å². The van der Waals surface area contributed by atoms with E-state index < -0.39 is 9.84 Å². The second-order valence-corrected chi connectivity index (χ2v) is 9.28. The average Bonchev–Trinajstić information content (AvgIpc) is 3.40. The molecule has 29 heavy (non-hydrogen) atoms. The minimum Gasteiger partial charge on any atom is -0.468 e. The van der Waals surface area contributed by atoms with Gasteiger partial charge in [0.05, 0.1) is 23.7 Å². The average molecular weight is 419 g/mol. The lowest BCUT2D eigenvalue weighted by Crippen LogP contribution is -2.42. The summed E-state index contributed by atoms with van der Waals surface area (Å²) in [4.78, 5) is 7.42. The van der Waals surface area contributed by atoms with E-state index in [0.29, 0.717) is 18.0 Å². The van der Waals surface area contributed by atoms with Gasteiger partial charge in [-0.25, -0.2) is 13.4 Å². The number of hydrogen-bond donors (Lipinski definition) is 2. The van der Waals surface area contributed by atoms with Crippen molar-refractivity contribution >= 4 is 15.8 Å². The highest BCUT2D eigenvalue weighted by molar-refractivity contribution is 7.90. The van der Waals surface area contributed by atoms with Crippen LogP contribution in [0, 0.1) is 0 Å². The molecule has 1 aliphatic rings. The normalized spacial score (nSPS) is 16.7. The van der Waals surface area contributed by atoms with Crippen molar-refractivity contribution in [1.82, 2.24) is 15.5 Å². The van der Waals surface area contributed by atoms with Crippen LogP contribution in [0.2, 0.25) is 0 Å². The van der Waals surface area contributed by atoms with Crippen molar-refractivity contribution in [1.29, 1.82) is 0 Å². The van der Waals surface area contributed by atoms with Gasteiger partial charge in [-0.3, -0.25) is 4.90 Å². The first-order chi connectivity index (χ1) is 14.0. The molecule has 0 spiro atoms. The first-order valence-electron chi connectivity index (χ1n) is 10.1. The standard InChI is InChI=1S/C21H30N4O3S/c1-3-22-21(23-15-17-8-10-18(11-9-17)29(2,26)27)24-16-19(20-7-6-14-28-20)25-12-4-5-13-25/h6-11,14,19H,3-5,12-13,15-16H2,1-2H3,(H2,22,23,24). The minimum atomic E-state index is -3.18. The number of benzene rings is 1. The van der Waals surface area contributed by atoms with Crippen LogP contribution < -0.4 is 10.6 Å². The quantitative estimate of drug-likeness (QED) is 0.506. The molecule has 1 aliphatic heterocycles. The molecule has 1 aromatic heterocycles. The fourth-order valence-electron chi connectivity index (χ4n) is 3.49. The Labute approximate surface area is 173 Å². The van der Waals surface area contributed by atoms with Gasteiger partial charge in [0.25, 0.3) is 0 Å². The molecular weight excluding hydrogens is 388 g/mol. The molecule has 1 atom stereocenters. The molecule has 2 aromatic rings. The van der Waals surface area contributed by atoms with Gasteiger partial charge in [0.2, 0.25) is 0 Å². The second kappa shape index (κ2) is 9.93. The Hall–Kier alpha value is -2.32. The van der Waals surface area contributed by atoms with Crippen molar-refractivity contribution in [2.45, 2.75) is 37.2 Å². The number of likely N-dealkylation sites (tertiary alicyclic amines) is 1. The number of aliphatic imine (C=N–C) groups is 1. The Morgan fingerprint density at radius 3 is 2.48 bits per heavy atom. The Morgan fingerprint density at radius 1 is 1.17 bits per heavy atom. The fourth-order valence-corrected chi connectivity index (χ4v) is 4.12.